The molecular formula is C12H18N8OS. The average Bonchev–Trinajstić information content (AvgIpc) is 3.07. The zero-order chi connectivity index (χ0) is 15.4. The number of tetrazole rings is 1. The fraction of sp³-hybridized carbons (Fsp3) is 0.667. The van der Waals surface area contributed by atoms with Gasteiger partial charge in [0.05, 0.1) is 6.54 Å². The molecule has 1 aliphatic rings. The van der Waals surface area contributed by atoms with E-state index in [1.165, 1.54) is 11.0 Å². The van der Waals surface area contributed by atoms with E-state index in [2.05, 4.69) is 30.6 Å². The van der Waals surface area contributed by atoms with Gasteiger partial charge in [0.1, 0.15) is 22.9 Å². The van der Waals surface area contributed by atoms with Crippen LogP contribution in [0.1, 0.15) is 16.4 Å². The van der Waals surface area contributed by atoms with Gasteiger partial charge in [-0.25, -0.2) is 4.68 Å². The lowest BCUT2D eigenvalue weighted by molar-refractivity contribution is -0.131. The summed E-state index contributed by atoms with van der Waals surface area (Å²) < 4.78 is 1.45. The zero-order valence-electron chi connectivity index (χ0n) is 12.4. The van der Waals surface area contributed by atoms with Crippen LogP contribution in [0.5, 0.6) is 0 Å². The first kappa shape index (κ1) is 15.0. The van der Waals surface area contributed by atoms with E-state index < -0.39 is 0 Å². The van der Waals surface area contributed by atoms with Gasteiger partial charge in [-0.1, -0.05) is 0 Å². The minimum Gasteiger partial charge on any atom is -0.340 e. The summed E-state index contributed by atoms with van der Waals surface area (Å²) >= 11 is 1.63. The molecule has 0 aliphatic carbocycles. The van der Waals surface area contributed by atoms with E-state index in [9.17, 15) is 4.79 Å². The molecule has 0 N–H and O–H groups in total. The van der Waals surface area contributed by atoms with Gasteiger partial charge >= 0.3 is 0 Å². The summed E-state index contributed by atoms with van der Waals surface area (Å²) in [5.74, 6) is 0.0564. The van der Waals surface area contributed by atoms with Crippen molar-refractivity contribution in [3.05, 3.63) is 16.3 Å². The van der Waals surface area contributed by atoms with Crippen LogP contribution in [0.25, 0.3) is 0 Å². The molecule has 2 aromatic heterocycles. The Hall–Kier alpha value is -1.94. The molecule has 0 unspecified atom stereocenters. The maximum atomic E-state index is 12.3. The van der Waals surface area contributed by atoms with Crippen molar-refractivity contribution in [2.45, 2.75) is 26.4 Å². The van der Waals surface area contributed by atoms with E-state index in [1.807, 2.05) is 11.8 Å². The van der Waals surface area contributed by atoms with Crippen molar-refractivity contribution in [1.29, 1.82) is 0 Å². The number of carbonyl (C=O) groups is 1. The average molecular weight is 322 g/mol. The molecule has 0 spiro atoms. The normalized spacial score (nSPS) is 16.7. The standard InChI is InChI=1S/C12H18N8OS/c1-10-14-15-11(22-10)7-18-3-2-4-19(6-5-18)12(21)8-20-9-13-16-17-20/h9H,2-8H2,1H3. The summed E-state index contributed by atoms with van der Waals surface area (Å²) in [6.07, 6.45) is 2.42. The summed E-state index contributed by atoms with van der Waals surface area (Å²) in [4.78, 5) is 16.5. The first-order valence-corrected chi connectivity index (χ1v) is 8.02. The van der Waals surface area contributed by atoms with E-state index >= 15 is 0 Å². The zero-order valence-corrected chi connectivity index (χ0v) is 13.2. The van der Waals surface area contributed by atoms with Gasteiger partial charge in [0.2, 0.25) is 5.91 Å². The number of hydrogen-bond donors (Lipinski definition) is 0. The minimum atomic E-state index is 0.0564. The van der Waals surface area contributed by atoms with Crippen LogP contribution in [-0.4, -0.2) is 72.3 Å². The Morgan fingerprint density at radius 2 is 2.18 bits per heavy atom. The maximum Gasteiger partial charge on any atom is 0.244 e. The highest BCUT2D eigenvalue weighted by atomic mass is 32.1. The van der Waals surface area contributed by atoms with Crippen molar-refractivity contribution in [2.24, 2.45) is 0 Å². The molecule has 1 fully saturated rings. The summed E-state index contributed by atoms with van der Waals surface area (Å²) in [5.41, 5.74) is 0. The second-order valence-corrected chi connectivity index (χ2v) is 6.50. The lowest BCUT2D eigenvalue weighted by Crippen LogP contribution is -2.37. The lowest BCUT2D eigenvalue weighted by Gasteiger charge is -2.21. The van der Waals surface area contributed by atoms with Crippen molar-refractivity contribution in [1.82, 2.24) is 40.2 Å². The molecule has 2 aromatic rings. The lowest BCUT2D eigenvalue weighted by atomic mass is 10.3. The predicted molar refractivity (Wildman–Crippen MR) is 78.9 cm³/mol. The van der Waals surface area contributed by atoms with Gasteiger partial charge in [0.25, 0.3) is 0 Å². The van der Waals surface area contributed by atoms with Crippen molar-refractivity contribution < 1.29 is 4.79 Å². The smallest absolute Gasteiger partial charge is 0.244 e. The van der Waals surface area contributed by atoms with Gasteiger partial charge in [-0.15, -0.1) is 26.6 Å². The van der Waals surface area contributed by atoms with Crippen LogP contribution >= 0.6 is 11.3 Å². The van der Waals surface area contributed by atoms with Crippen molar-refractivity contribution >= 4 is 17.2 Å². The molecular weight excluding hydrogens is 304 g/mol. The first-order chi connectivity index (χ1) is 10.7. The van der Waals surface area contributed by atoms with Crippen LogP contribution in [0, 0.1) is 6.92 Å². The van der Waals surface area contributed by atoms with Crippen LogP contribution in [0.2, 0.25) is 0 Å². The number of aryl methyl sites for hydroxylation is 1. The second-order valence-electron chi connectivity index (χ2n) is 5.23. The summed E-state index contributed by atoms with van der Waals surface area (Å²) in [7, 11) is 0. The van der Waals surface area contributed by atoms with Gasteiger partial charge in [-0.2, -0.15) is 0 Å². The number of amides is 1. The fourth-order valence-corrected chi connectivity index (χ4v) is 3.21. The number of carbonyl (C=O) groups excluding carboxylic acids is 1. The molecule has 0 bridgehead atoms. The minimum absolute atomic E-state index is 0.0564. The number of aromatic nitrogens is 6. The van der Waals surface area contributed by atoms with Crippen LogP contribution in [-0.2, 0) is 17.9 Å². The molecule has 3 heterocycles. The van der Waals surface area contributed by atoms with E-state index in [-0.39, 0.29) is 12.5 Å². The van der Waals surface area contributed by atoms with Gasteiger partial charge in [-0.05, 0) is 23.8 Å². The fourth-order valence-electron chi connectivity index (χ4n) is 2.46. The molecule has 1 amide bonds. The van der Waals surface area contributed by atoms with Crippen LogP contribution in [0.15, 0.2) is 6.33 Å². The third kappa shape index (κ3) is 3.83. The second kappa shape index (κ2) is 6.88. The molecule has 22 heavy (non-hydrogen) atoms. The molecule has 0 saturated carbocycles. The molecule has 0 aromatic carbocycles. The molecule has 118 valence electrons. The first-order valence-electron chi connectivity index (χ1n) is 7.20. The number of nitrogens with zero attached hydrogens (tertiary/aromatic N) is 8. The van der Waals surface area contributed by atoms with E-state index in [1.54, 1.807) is 11.3 Å². The van der Waals surface area contributed by atoms with E-state index in [0.717, 1.165) is 49.2 Å². The third-order valence-corrected chi connectivity index (χ3v) is 4.38. The van der Waals surface area contributed by atoms with Gasteiger partial charge < -0.3 is 4.90 Å². The molecule has 10 heteroatoms. The van der Waals surface area contributed by atoms with Gasteiger partial charge in [0.15, 0.2) is 0 Å². The van der Waals surface area contributed by atoms with Crippen LogP contribution in [0.3, 0.4) is 0 Å². The third-order valence-electron chi connectivity index (χ3n) is 3.56. The molecule has 0 atom stereocenters. The molecule has 3 rings (SSSR count). The summed E-state index contributed by atoms with van der Waals surface area (Å²) in [6, 6.07) is 0. The van der Waals surface area contributed by atoms with E-state index in [4.69, 9.17) is 0 Å². The van der Waals surface area contributed by atoms with Crippen LogP contribution in [0.4, 0.5) is 0 Å². The van der Waals surface area contributed by atoms with Crippen molar-refractivity contribution in [3.8, 4) is 0 Å². The van der Waals surface area contributed by atoms with Crippen LogP contribution < -0.4 is 0 Å². The topological polar surface area (TPSA) is 92.9 Å². The number of hydrogen-bond acceptors (Lipinski definition) is 8. The Bertz CT molecular complexity index is 612. The highest BCUT2D eigenvalue weighted by Crippen LogP contribution is 2.13. The Labute approximate surface area is 131 Å². The molecule has 9 nitrogen and oxygen atoms in total. The van der Waals surface area contributed by atoms with Crippen molar-refractivity contribution in [3.63, 3.8) is 0 Å². The predicted octanol–water partition coefficient (Wildman–Crippen LogP) is -0.432. The molecule has 1 aliphatic heterocycles. The molecule has 0 radical (unpaired) electrons. The Balaban J connectivity index is 1.52. The van der Waals surface area contributed by atoms with Gasteiger partial charge in [-0.3, -0.25) is 9.69 Å². The Kier molecular flexibility index (Phi) is 4.68. The van der Waals surface area contributed by atoms with E-state index in [0.29, 0.717) is 0 Å². The SMILES string of the molecule is Cc1nnc(CN2CCCN(C(=O)Cn3cnnn3)CC2)s1. The largest absolute Gasteiger partial charge is 0.340 e. The highest BCUT2D eigenvalue weighted by Gasteiger charge is 2.20. The van der Waals surface area contributed by atoms with Crippen molar-refractivity contribution in [2.75, 3.05) is 26.2 Å². The monoisotopic (exact) mass is 322 g/mol. The summed E-state index contributed by atoms with van der Waals surface area (Å²) in [6.45, 7) is 6.27. The Morgan fingerprint density at radius 1 is 1.27 bits per heavy atom. The number of rotatable bonds is 4. The Morgan fingerprint density at radius 3 is 2.91 bits per heavy atom. The molecule has 1 saturated heterocycles. The highest BCUT2D eigenvalue weighted by molar-refractivity contribution is 7.11. The quantitative estimate of drug-likeness (QED) is 0.754. The maximum absolute atomic E-state index is 12.3. The van der Waals surface area contributed by atoms with Gasteiger partial charge in [0, 0.05) is 26.2 Å². The summed E-state index contributed by atoms with van der Waals surface area (Å²) in [5, 5.41) is 21.0.